The average Bonchev–Trinajstić information content (AvgIpc) is 2.27. The van der Waals surface area contributed by atoms with E-state index in [1.54, 1.807) is 26.0 Å². The molecule has 17 heavy (non-hydrogen) atoms. The summed E-state index contributed by atoms with van der Waals surface area (Å²) in [6, 6.07) is 4.53. The van der Waals surface area contributed by atoms with E-state index in [4.69, 9.17) is 4.74 Å². The van der Waals surface area contributed by atoms with E-state index in [9.17, 15) is 14.9 Å². The van der Waals surface area contributed by atoms with Crippen LogP contribution in [0.25, 0.3) is 0 Å². The van der Waals surface area contributed by atoms with Crippen LogP contribution in [0.3, 0.4) is 0 Å². The predicted octanol–water partition coefficient (Wildman–Crippen LogP) is 2.69. The average molecular weight is 237 g/mol. The number of Topliss-reactive ketones (excluding diaryl/α,β-unsaturated/α-hetero) is 1. The van der Waals surface area contributed by atoms with Crippen LogP contribution in [0, 0.1) is 10.1 Å². The minimum atomic E-state index is -0.493. The smallest absolute Gasteiger partial charge is 0.310 e. The SMILES string of the molecule is CCOc1cc(C(C)C(C)=O)ccc1[N+](=O)[O-]. The minimum absolute atomic E-state index is 0.0151. The standard InChI is InChI=1S/C12H15NO4/c1-4-17-12-7-10(8(2)9(3)14)5-6-11(12)13(15)16/h5-8H,4H2,1-3H3. The van der Waals surface area contributed by atoms with Crippen molar-refractivity contribution < 1.29 is 14.5 Å². The molecule has 0 radical (unpaired) electrons. The Labute approximate surface area is 99.5 Å². The normalized spacial score (nSPS) is 11.9. The van der Waals surface area contributed by atoms with Gasteiger partial charge in [-0.25, -0.2) is 0 Å². The summed E-state index contributed by atoms with van der Waals surface area (Å²) in [4.78, 5) is 21.5. The van der Waals surface area contributed by atoms with Crippen LogP contribution in [0.5, 0.6) is 5.75 Å². The Hall–Kier alpha value is -1.91. The molecule has 0 amide bonds. The first kappa shape index (κ1) is 13.2. The highest BCUT2D eigenvalue weighted by Crippen LogP contribution is 2.30. The van der Waals surface area contributed by atoms with Gasteiger partial charge in [0.05, 0.1) is 11.5 Å². The van der Waals surface area contributed by atoms with Crippen molar-refractivity contribution in [3.05, 3.63) is 33.9 Å². The fourth-order valence-corrected chi connectivity index (χ4v) is 1.46. The molecule has 0 aliphatic rings. The molecule has 92 valence electrons. The lowest BCUT2D eigenvalue weighted by Crippen LogP contribution is -2.05. The molecule has 1 rings (SSSR count). The zero-order valence-corrected chi connectivity index (χ0v) is 10.1. The maximum atomic E-state index is 11.3. The Balaban J connectivity index is 3.17. The Morgan fingerprint density at radius 2 is 2.18 bits per heavy atom. The van der Waals surface area contributed by atoms with Crippen LogP contribution in [0.4, 0.5) is 5.69 Å². The zero-order chi connectivity index (χ0) is 13.0. The van der Waals surface area contributed by atoms with Gasteiger partial charge in [-0.3, -0.25) is 14.9 Å². The largest absolute Gasteiger partial charge is 0.487 e. The second-order valence-corrected chi connectivity index (χ2v) is 3.75. The summed E-state index contributed by atoms with van der Waals surface area (Å²) in [6.45, 7) is 5.36. The highest BCUT2D eigenvalue weighted by molar-refractivity contribution is 5.83. The first-order chi connectivity index (χ1) is 7.97. The van der Waals surface area contributed by atoms with Gasteiger partial charge in [0.1, 0.15) is 5.78 Å². The maximum Gasteiger partial charge on any atom is 0.310 e. The van der Waals surface area contributed by atoms with E-state index in [0.29, 0.717) is 6.61 Å². The van der Waals surface area contributed by atoms with Gasteiger partial charge >= 0.3 is 5.69 Å². The number of ether oxygens (including phenoxy) is 1. The molecule has 0 heterocycles. The number of ketones is 1. The summed E-state index contributed by atoms with van der Waals surface area (Å²) in [5.74, 6) is -0.0561. The van der Waals surface area contributed by atoms with Gasteiger partial charge in [-0.2, -0.15) is 0 Å². The lowest BCUT2D eigenvalue weighted by molar-refractivity contribution is -0.385. The lowest BCUT2D eigenvalue weighted by Gasteiger charge is -2.10. The zero-order valence-electron chi connectivity index (χ0n) is 10.1. The monoisotopic (exact) mass is 237 g/mol. The van der Waals surface area contributed by atoms with Crippen LogP contribution in [-0.2, 0) is 4.79 Å². The summed E-state index contributed by atoms with van der Waals surface area (Å²) in [5.41, 5.74) is 0.651. The number of hydrogen-bond donors (Lipinski definition) is 0. The van der Waals surface area contributed by atoms with Crippen molar-refractivity contribution in [3.8, 4) is 5.75 Å². The van der Waals surface area contributed by atoms with Crippen LogP contribution in [0.2, 0.25) is 0 Å². The van der Waals surface area contributed by atoms with Crippen LogP contribution in [0.1, 0.15) is 32.3 Å². The molecule has 0 spiro atoms. The van der Waals surface area contributed by atoms with Gasteiger partial charge in [-0.15, -0.1) is 0 Å². The molecular formula is C12H15NO4. The fraction of sp³-hybridized carbons (Fsp3) is 0.417. The minimum Gasteiger partial charge on any atom is -0.487 e. The Bertz CT molecular complexity index is 442. The maximum absolute atomic E-state index is 11.3. The summed E-state index contributed by atoms with van der Waals surface area (Å²) in [7, 11) is 0. The number of nitro groups is 1. The van der Waals surface area contributed by atoms with Crippen molar-refractivity contribution in [2.45, 2.75) is 26.7 Å². The van der Waals surface area contributed by atoms with E-state index < -0.39 is 4.92 Å². The second kappa shape index (κ2) is 5.43. The van der Waals surface area contributed by atoms with E-state index in [-0.39, 0.29) is 23.1 Å². The molecule has 0 saturated carbocycles. The van der Waals surface area contributed by atoms with E-state index in [1.807, 2.05) is 0 Å². The van der Waals surface area contributed by atoms with E-state index in [1.165, 1.54) is 13.0 Å². The molecule has 0 aliphatic carbocycles. The first-order valence-corrected chi connectivity index (χ1v) is 5.39. The number of carbonyl (C=O) groups is 1. The molecule has 0 N–H and O–H groups in total. The Morgan fingerprint density at radius 1 is 1.53 bits per heavy atom. The third-order valence-electron chi connectivity index (χ3n) is 2.59. The van der Waals surface area contributed by atoms with E-state index in [0.717, 1.165) is 5.56 Å². The fourth-order valence-electron chi connectivity index (χ4n) is 1.46. The van der Waals surface area contributed by atoms with Crippen molar-refractivity contribution in [3.63, 3.8) is 0 Å². The molecule has 1 aromatic rings. The quantitative estimate of drug-likeness (QED) is 0.583. The number of hydrogen-bond acceptors (Lipinski definition) is 4. The third-order valence-corrected chi connectivity index (χ3v) is 2.59. The molecule has 1 unspecified atom stereocenters. The molecule has 1 atom stereocenters. The van der Waals surface area contributed by atoms with E-state index in [2.05, 4.69) is 0 Å². The molecule has 0 saturated heterocycles. The summed E-state index contributed by atoms with van der Waals surface area (Å²) < 4.78 is 5.22. The van der Waals surface area contributed by atoms with Crippen molar-refractivity contribution in [1.29, 1.82) is 0 Å². The van der Waals surface area contributed by atoms with Crippen LogP contribution in [0.15, 0.2) is 18.2 Å². The highest BCUT2D eigenvalue weighted by atomic mass is 16.6. The van der Waals surface area contributed by atoms with Gasteiger partial charge in [-0.1, -0.05) is 13.0 Å². The number of nitro benzene ring substituents is 1. The highest BCUT2D eigenvalue weighted by Gasteiger charge is 2.18. The molecule has 0 bridgehead atoms. The Kier molecular flexibility index (Phi) is 4.20. The van der Waals surface area contributed by atoms with Gasteiger partial charge in [-0.05, 0) is 25.5 Å². The molecule has 0 aliphatic heterocycles. The van der Waals surface area contributed by atoms with E-state index >= 15 is 0 Å². The van der Waals surface area contributed by atoms with Crippen molar-refractivity contribution in [2.75, 3.05) is 6.61 Å². The molecule has 5 nitrogen and oxygen atoms in total. The summed E-state index contributed by atoms with van der Waals surface area (Å²) >= 11 is 0. The Morgan fingerprint density at radius 3 is 2.65 bits per heavy atom. The number of nitrogens with zero attached hydrogens (tertiary/aromatic N) is 1. The number of benzene rings is 1. The van der Waals surface area contributed by atoms with Crippen LogP contribution < -0.4 is 4.74 Å². The predicted molar refractivity (Wildman–Crippen MR) is 63.4 cm³/mol. The topological polar surface area (TPSA) is 69.4 Å². The van der Waals surface area contributed by atoms with Gasteiger partial charge in [0.25, 0.3) is 0 Å². The number of carbonyl (C=O) groups excluding carboxylic acids is 1. The van der Waals surface area contributed by atoms with Crippen LogP contribution in [-0.4, -0.2) is 17.3 Å². The molecule has 1 aromatic carbocycles. The van der Waals surface area contributed by atoms with Crippen molar-refractivity contribution in [2.24, 2.45) is 0 Å². The van der Waals surface area contributed by atoms with Gasteiger partial charge in [0.2, 0.25) is 0 Å². The van der Waals surface area contributed by atoms with Crippen molar-refractivity contribution in [1.82, 2.24) is 0 Å². The number of rotatable bonds is 5. The van der Waals surface area contributed by atoms with Gasteiger partial charge < -0.3 is 4.74 Å². The lowest BCUT2D eigenvalue weighted by atomic mass is 9.97. The third kappa shape index (κ3) is 3.03. The van der Waals surface area contributed by atoms with Gasteiger partial charge in [0.15, 0.2) is 5.75 Å². The summed E-state index contributed by atoms with van der Waals surface area (Å²) in [5, 5.41) is 10.8. The molecular weight excluding hydrogens is 222 g/mol. The molecule has 5 heteroatoms. The second-order valence-electron chi connectivity index (χ2n) is 3.75. The van der Waals surface area contributed by atoms with Gasteiger partial charge in [0, 0.05) is 12.0 Å². The summed E-state index contributed by atoms with van der Waals surface area (Å²) in [6.07, 6.45) is 0. The molecule has 0 aromatic heterocycles. The molecule has 0 fully saturated rings. The first-order valence-electron chi connectivity index (χ1n) is 5.39. The van der Waals surface area contributed by atoms with Crippen LogP contribution >= 0.6 is 0 Å². The van der Waals surface area contributed by atoms with Crippen molar-refractivity contribution >= 4 is 11.5 Å².